The van der Waals surface area contributed by atoms with Gasteiger partial charge in [-0.1, -0.05) is 0 Å². The Balaban J connectivity index is 2.47. The second-order valence-electron chi connectivity index (χ2n) is 2.82. The number of hydrogen-bond acceptors (Lipinski definition) is 2. The van der Waals surface area contributed by atoms with Gasteiger partial charge >= 0.3 is 0 Å². The van der Waals surface area contributed by atoms with Crippen molar-refractivity contribution >= 4 is 5.91 Å². The monoisotopic (exact) mass is 155 g/mol. The minimum Gasteiger partial charge on any atom is -0.512 e. The van der Waals surface area contributed by atoms with Gasteiger partial charge < -0.3 is 10.0 Å². The van der Waals surface area contributed by atoms with Gasteiger partial charge in [-0.05, 0) is 19.8 Å². The first-order chi connectivity index (χ1) is 5.20. The lowest BCUT2D eigenvalue weighted by molar-refractivity contribution is -0.125. The molecule has 0 radical (unpaired) electrons. The Morgan fingerprint density at radius 1 is 1.45 bits per heavy atom. The van der Waals surface area contributed by atoms with Crippen LogP contribution in [0.2, 0.25) is 0 Å². The molecule has 3 nitrogen and oxygen atoms in total. The SMILES string of the molecule is CC(O)=CC(=O)N1CCCC1. The molecule has 1 aliphatic rings. The van der Waals surface area contributed by atoms with Crippen molar-refractivity contribution in [3.05, 3.63) is 11.8 Å². The molecule has 1 rings (SSSR count). The summed E-state index contributed by atoms with van der Waals surface area (Å²) in [7, 11) is 0. The molecular weight excluding hydrogens is 142 g/mol. The maximum atomic E-state index is 11.1. The molecule has 1 saturated heterocycles. The Labute approximate surface area is 66.3 Å². The van der Waals surface area contributed by atoms with Crippen molar-refractivity contribution in [2.45, 2.75) is 19.8 Å². The van der Waals surface area contributed by atoms with Crippen LogP contribution in [0, 0.1) is 0 Å². The van der Waals surface area contributed by atoms with Crippen LogP contribution >= 0.6 is 0 Å². The fourth-order valence-corrected chi connectivity index (χ4v) is 1.21. The van der Waals surface area contributed by atoms with Gasteiger partial charge in [0.25, 0.3) is 0 Å². The fourth-order valence-electron chi connectivity index (χ4n) is 1.21. The van der Waals surface area contributed by atoms with Crippen LogP contribution in [0.4, 0.5) is 0 Å². The molecule has 0 aromatic carbocycles. The largest absolute Gasteiger partial charge is 0.512 e. The van der Waals surface area contributed by atoms with Gasteiger partial charge in [-0.15, -0.1) is 0 Å². The lowest BCUT2D eigenvalue weighted by atomic mass is 10.4. The molecule has 3 heteroatoms. The second kappa shape index (κ2) is 3.42. The number of allylic oxidation sites excluding steroid dienone is 1. The van der Waals surface area contributed by atoms with Gasteiger partial charge in [-0.2, -0.15) is 0 Å². The van der Waals surface area contributed by atoms with E-state index in [1.54, 1.807) is 4.90 Å². The molecule has 1 amide bonds. The molecule has 0 saturated carbocycles. The average molecular weight is 155 g/mol. The molecule has 1 fully saturated rings. The zero-order valence-electron chi connectivity index (χ0n) is 6.71. The third kappa shape index (κ3) is 2.26. The van der Waals surface area contributed by atoms with Crippen LogP contribution in [0.3, 0.4) is 0 Å². The molecule has 1 N–H and O–H groups in total. The van der Waals surface area contributed by atoms with Crippen LogP contribution in [-0.4, -0.2) is 29.0 Å². The molecule has 62 valence electrons. The highest BCUT2D eigenvalue weighted by Gasteiger charge is 2.15. The van der Waals surface area contributed by atoms with Crippen LogP contribution in [0.15, 0.2) is 11.8 Å². The summed E-state index contributed by atoms with van der Waals surface area (Å²) in [5.74, 6) is 0.0180. The number of likely N-dealkylation sites (tertiary alicyclic amines) is 1. The second-order valence-corrected chi connectivity index (χ2v) is 2.82. The van der Waals surface area contributed by atoms with Gasteiger partial charge in [0.05, 0.1) is 5.76 Å². The van der Waals surface area contributed by atoms with Gasteiger partial charge in [0.2, 0.25) is 5.91 Å². The van der Waals surface area contributed by atoms with Gasteiger partial charge in [-0.3, -0.25) is 4.79 Å². The van der Waals surface area contributed by atoms with Gasteiger partial charge in [0, 0.05) is 19.2 Å². The maximum absolute atomic E-state index is 11.1. The molecule has 0 aromatic heterocycles. The normalized spacial score (nSPS) is 19.0. The predicted octanol–water partition coefficient (Wildman–Crippen LogP) is 1.07. The molecule has 11 heavy (non-hydrogen) atoms. The molecule has 0 unspecified atom stereocenters. The Bertz CT molecular complexity index is 177. The molecule has 1 heterocycles. The van der Waals surface area contributed by atoms with Crippen LogP contribution in [0.1, 0.15) is 19.8 Å². The lowest BCUT2D eigenvalue weighted by Crippen LogP contribution is -2.25. The quantitative estimate of drug-likeness (QED) is 0.454. The van der Waals surface area contributed by atoms with Crippen molar-refractivity contribution < 1.29 is 9.90 Å². The summed E-state index contributed by atoms with van der Waals surface area (Å²) >= 11 is 0. The summed E-state index contributed by atoms with van der Waals surface area (Å²) in [6, 6.07) is 0. The summed E-state index contributed by atoms with van der Waals surface area (Å²) < 4.78 is 0. The van der Waals surface area contributed by atoms with E-state index in [0.29, 0.717) is 0 Å². The highest BCUT2D eigenvalue weighted by atomic mass is 16.3. The summed E-state index contributed by atoms with van der Waals surface area (Å²) in [6.07, 6.45) is 3.44. The van der Waals surface area contributed by atoms with Crippen LogP contribution in [0.5, 0.6) is 0 Å². The van der Waals surface area contributed by atoms with E-state index in [2.05, 4.69) is 0 Å². The molecule has 0 atom stereocenters. The van der Waals surface area contributed by atoms with Crippen LogP contribution < -0.4 is 0 Å². The maximum Gasteiger partial charge on any atom is 0.249 e. The summed E-state index contributed by atoms with van der Waals surface area (Å²) in [4.78, 5) is 12.9. The molecule has 0 aromatic rings. The summed E-state index contributed by atoms with van der Waals surface area (Å²) in [6.45, 7) is 3.18. The number of aliphatic hydroxyl groups excluding tert-OH is 1. The first-order valence-electron chi connectivity index (χ1n) is 3.86. The first kappa shape index (κ1) is 8.11. The Kier molecular flexibility index (Phi) is 2.52. The Morgan fingerprint density at radius 3 is 2.45 bits per heavy atom. The molecule has 0 aliphatic carbocycles. The zero-order valence-corrected chi connectivity index (χ0v) is 6.71. The minimum atomic E-state index is -0.0671. The Hall–Kier alpha value is -0.990. The van der Waals surface area contributed by atoms with Crippen molar-refractivity contribution in [3.8, 4) is 0 Å². The number of hydrogen-bond donors (Lipinski definition) is 1. The molecule has 0 spiro atoms. The molecule has 0 bridgehead atoms. The number of amides is 1. The topological polar surface area (TPSA) is 40.5 Å². The van der Waals surface area contributed by atoms with E-state index < -0.39 is 0 Å². The van der Waals surface area contributed by atoms with E-state index in [4.69, 9.17) is 5.11 Å². The van der Waals surface area contributed by atoms with Crippen molar-refractivity contribution in [2.24, 2.45) is 0 Å². The van der Waals surface area contributed by atoms with Crippen LogP contribution in [-0.2, 0) is 4.79 Å². The standard InChI is InChI=1S/C8H13NO2/c1-7(10)6-8(11)9-4-2-3-5-9/h6,10H,2-5H2,1H3. The average Bonchev–Trinajstić information content (AvgIpc) is 2.35. The number of nitrogens with zero attached hydrogens (tertiary/aromatic N) is 1. The number of carbonyl (C=O) groups excluding carboxylic acids is 1. The van der Waals surface area contributed by atoms with Crippen molar-refractivity contribution in [2.75, 3.05) is 13.1 Å². The highest BCUT2D eigenvalue weighted by Crippen LogP contribution is 2.07. The number of carbonyl (C=O) groups is 1. The fraction of sp³-hybridized carbons (Fsp3) is 0.625. The van der Waals surface area contributed by atoms with E-state index in [9.17, 15) is 4.79 Å². The lowest BCUT2D eigenvalue weighted by Gasteiger charge is -2.11. The summed E-state index contributed by atoms with van der Waals surface area (Å²) in [5, 5.41) is 8.80. The highest BCUT2D eigenvalue weighted by molar-refractivity contribution is 5.88. The number of aliphatic hydroxyl groups is 1. The van der Waals surface area contributed by atoms with E-state index in [1.807, 2.05) is 0 Å². The molecule has 1 aliphatic heterocycles. The van der Waals surface area contributed by atoms with E-state index >= 15 is 0 Å². The van der Waals surface area contributed by atoms with Crippen molar-refractivity contribution in [3.63, 3.8) is 0 Å². The summed E-state index contributed by atoms with van der Waals surface area (Å²) in [5.41, 5.74) is 0. The third-order valence-corrected chi connectivity index (χ3v) is 1.75. The van der Waals surface area contributed by atoms with Crippen molar-refractivity contribution in [1.29, 1.82) is 0 Å². The third-order valence-electron chi connectivity index (χ3n) is 1.75. The predicted molar refractivity (Wildman–Crippen MR) is 42.2 cm³/mol. The van der Waals surface area contributed by atoms with E-state index in [-0.39, 0.29) is 11.7 Å². The Morgan fingerprint density at radius 2 is 2.00 bits per heavy atom. The van der Waals surface area contributed by atoms with Crippen molar-refractivity contribution in [1.82, 2.24) is 4.90 Å². The van der Waals surface area contributed by atoms with Crippen LogP contribution in [0.25, 0.3) is 0 Å². The van der Waals surface area contributed by atoms with E-state index in [1.165, 1.54) is 13.0 Å². The minimum absolute atomic E-state index is 0.0671. The van der Waals surface area contributed by atoms with Gasteiger partial charge in [0.15, 0.2) is 0 Å². The van der Waals surface area contributed by atoms with Gasteiger partial charge in [0.1, 0.15) is 0 Å². The number of rotatable bonds is 1. The smallest absolute Gasteiger partial charge is 0.249 e. The van der Waals surface area contributed by atoms with Gasteiger partial charge in [-0.25, -0.2) is 0 Å². The molecular formula is C8H13NO2. The zero-order chi connectivity index (χ0) is 8.27. The first-order valence-corrected chi connectivity index (χ1v) is 3.86. The van der Waals surface area contributed by atoms with E-state index in [0.717, 1.165) is 25.9 Å².